The Bertz CT molecular complexity index is 964. The summed E-state index contributed by atoms with van der Waals surface area (Å²) in [7, 11) is -0.653. The molecule has 0 unspecified atom stereocenters. The van der Waals surface area contributed by atoms with Gasteiger partial charge in [0, 0.05) is 11.3 Å². The molecule has 0 saturated carbocycles. The van der Waals surface area contributed by atoms with Crippen molar-refractivity contribution in [2.24, 2.45) is 0 Å². The fourth-order valence-corrected chi connectivity index (χ4v) is 11.0. The fourth-order valence-electron chi connectivity index (χ4n) is 5.54. The predicted octanol–water partition coefficient (Wildman–Crippen LogP) is 6.91. The first-order chi connectivity index (χ1) is 16.2. The minimum absolute atomic E-state index is 0.00693. The van der Waals surface area contributed by atoms with Crippen molar-refractivity contribution in [2.75, 3.05) is 18.6 Å². The van der Waals surface area contributed by atoms with Crippen molar-refractivity contribution in [3.05, 3.63) is 66.7 Å². The third-order valence-electron chi connectivity index (χ3n) is 7.03. The Balaban J connectivity index is 2.09. The summed E-state index contributed by atoms with van der Waals surface area (Å²) in [5.41, 5.74) is 2.90. The zero-order valence-corrected chi connectivity index (χ0v) is 22.6. The van der Waals surface area contributed by atoms with Crippen molar-refractivity contribution in [1.82, 2.24) is 0 Å². The SMILES string of the molecule is C=CCOc1ccccc1[C@H]1[C@@H](O[Si](C(C)C)(C(C)C)C(C)C)C(=O)N1c1ccc(OC)cc1. The third kappa shape index (κ3) is 4.66. The highest BCUT2D eigenvalue weighted by atomic mass is 28.4. The minimum atomic E-state index is -2.29. The smallest absolute Gasteiger partial charge is 0.258 e. The van der Waals surface area contributed by atoms with Crippen LogP contribution in [0.25, 0.3) is 0 Å². The Hall–Kier alpha value is -2.57. The molecular weight excluding hydrogens is 442 g/mol. The van der Waals surface area contributed by atoms with Gasteiger partial charge in [-0.3, -0.25) is 9.69 Å². The van der Waals surface area contributed by atoms with Crippen molar-refractivity contribution in [3.8, 4) is 11.5 Å². The molecular formula is C28H39NO4Si. The number of benzene rings is 2. The van der Waals surface area contributed by atoms with Crippen molar-refractivity contribution < 1.29 is 18.7 Å². The number of hydrogen-bond donors (Lipinski definition) is 0. The van der Waals surface area contributed by atoms with Crippen molar-refractivity contribution in [1.29, 1.82) is 0 Å². The monoisotopic (exact) mass is 481 g/mol. The molecule has 2 aromatic rings. The maximum Gasteiger partial charge on any atom is 0.258 e. The topological polar surface area (TPSA) is 48.0 Å². The lowest BCUT2D eigenvalue weighted by Gasteiger charge is -2.53. The van der Waals surface area contributed by atoms with Gasteiger partial charge in [0.2, 0.25) is 8.32 Å². The van der Waals surface area contributed by atoms with E-state index in [-0.39, 0.29) is 11.9 Å². The van der Waals surface area contributed by atoms with Gasteiger partial charge in [-0.2, -0.15) is 0 Å². The Morgan fingerprint density at radius 2 is 1.56 bits per heavy atom. The molecule has 1 amide bonds. The van der Waals surface area contributed by atoms with Crippen LogP contribution in [0.5, 0.6) is 11.5 Å². The Labute approximate surface area is 205 Å². The van der Waals surface area contributed by atoms with Gasteiger partial charge in [0.15, 0.2) is 6.10 Å². The summed E-state index contributed by atoms with van der Waals surface area (Å²) in [5, 5.41) is 0. The first kappa shape index (κ1) is 26.0. The third-order valence-corrected chi connectivity index (χ3v) is 13.1. The first-order valence-corrected chi connectivity index (χ1v) is 14.3. The van der Waals surface area contributed by atoms with E-state index in [1.54, 1.807) is 13.2 Å². The van der Waals surface area contributed by atoms with Crippen LogP contribution in [0.2, 0.25) is 16.6 Å². The molecule has 1 saturated heterocycles. The largest absolute Gasteiger partial charge is 0.497 e. The number of anilines is 1. The highest BCUT2D eigenvalue weighted by Crippen LogP contribution is 2.50. The number of carbonyl (C=O) groups is 1. The number of methoxy groups -OCH3 is 1. The van der Waals surface area contributed by atoms with Crippen LogP contribution in [-0.4, -0.2) is 34.0 Å². The summed E-state index contributed by atoms with van der Waals surface area (Å²) >= 11 is 0. The molecule has 2 atom stereocenters. The number of amides is 1. The van der Waals surface area contributed by atoms with E-state index in [2.05, 4.69) is 48.1 Å². The van der Waals surface area contributed by atoms with Crippen LogP contribution in [0, 0.1) is 0 Å². The number of ether oxygens (including phenoxy) is 2. The van der Waals surface area contributed by atoms with E-state index in [1.807, 2.05) is 53.4 Å². The molecule has 1 aliphatic rings. The van der Waals surface area contributed by atoms with E-state index in [0.717, 1.165) is 22.7 Å². The molecule has 0 radical (unpaired) electrons. The van der Waals surface area contributed by atoms with Crippen LogP contribution in [0.3, 0.4) is 0 Å². The number of β-lactam (4-membered cyclic amide) rings is 1. The average Bonchev–Trinajstić information content (AvgIpc) is 2.81. The van der Waals surface area contributed by atoms with Gasteiger partial charge in [-0.25, -0.2) is 0 Å². The van der Waals surface area contributed by atoms with Gasteiger partial charge >= 0.3 is 0 Å². The van der Waals surface area contributed by atoms with Crippen molar-refractivity contribution in [2.45, 2.75) is 70.3 Å². The van der Waals surface area contributed by atoms with Gasteiger partial charge in [-0.1, -0.05) is 72.4 Å². The van der Waals surface area contributed by atoms with E-state index in [0.29, 0.717) is 23.2 Å². The molecule has 5 nitrogen and oxygen atoms in total. The summed E-state index contributed by atoms with van der Waals surface area (Å²) < 4.78 is 18.4. The van der Waals surface area contributed by atoms with Gasteiger partial charge in [0.1, 0.15) is 18.1 Å². The van der Waals surface area contributed by atoms with Crippen LogP contribution < -0.4 is 14.4 Å². The summed E-state index contributed by atoms with van der Waals surface area (Å²) in [6.07, 6.45) is 1.18. The zero-order valence-electron chi connectivity index (χ0n) is 21.6. The normalized spacial score (nSPS) is 18.4. The zero-order chi connectivity index (χ0) is 25.0. The molecule has 0 N–H and O–H groups in total. The highest BCUT2D eigenvalue weighted by molar-refractivity contribution is 6.77. The van der Waals surface area contributed by atoms with Crippen LogP contribution in [0.1, 0.15) is 53.1 Å². The molecule has 0 aliphatic carbocycles. The molecule has 0 aromatic heterocycles. The fraction of sp³-hybridized carbons (Fsp3) is 0.464. The van der Waals surface area contributed by atoms with Crippen LogP contribution in [0.15, 0.2) is 61.2 Å². The molecule has 6 heteroatoms. The van der Waals surface area contributed by atoms with Gasteiger partial charge in [0.05, 0.1) is 13.2 Å². The van der Waals surface area contributed by atoms with Gasteiger partial charge in [0.25, 0.3) is 5.91 Å². The van der Waals surface area contributed by atoms with Gasteiger partial charge in [-0.15, -0.1) is 0 Å². The molecule has 3 rings (SSSR count). The molecule has 1 aliphatic heterocycles. The quantitative estimate of drug-likeness (QED) is 0.199. The summed E-state index contributed by atoms with van der Waals surface area (Å²) in [5.74, 6) is 1.49. The van der Waals surface area contributed by atoms with E-state index in [1.165, 1.54) is 0 Å². The van der Waals surface area contributed by atoms with E-state index >= 15 is 0 Å². The van der Waals surface area contributed by atoms with Crippen LogP contribution >= 0.6 is 0 Å². The van der Waals surface area contributed by atoms with Gasteiger partial charge < -0.3 is 13.9 Å². The standard InChI is InChI=1S/C28H39NO4Si/c1-9-18-32-25-13-11-10-12-24(25)26-27(33-34(19(2)3,20(4)5)21(6)7)28(30)29(26)22-14-16-23(31-8)17-15-22/h9-17,19-21,26-27H,1,18H2,2-8H3/t26-,27+/m0/s1. The number of para-hydroxylation sites is 1. The molecule has 0 spiro atoms. The Kier molecular flexibility index (Phi) is 8.26. The molecule has 0 bridgehead atoms. The maximum atomic E-state index is 13.7. The average molecular weight is 482 g/mol. The van der Waals surface area contributed by atoms with Crippen molar-refractivity contribution >= 4 is 19.9 Å². The molecule has 184 valence electrons. The number of nitrogens with zero attached hydrogens (tertiary/aromatic N) is 1. The Morgan fingerprint density at radius 3 is 2.09 bits per heavy atom. The molecule has 1 fully saturated rings. The number of rotatable bonds is 11. The maximum absolute atomic E-state index is 13.7. The minimum Gasteiger partial charge on any atom is -0.497 e. The summed E-state index contributed by atoms with van der Waals surface area (Å²) in [6, 6.07) is 15.2. The summed E-state index contributed by atoms with van der Waals surface area (Å²) in [4.78, 5) is 15.5. The lowest BCUT2D eigenvalue weighted by Crippen LogP contribution is -2.65. The highest BCUT2D eigenvalue weighted by Gasteiger charge is 2.56. The Morgan fingerprint density at radius 1 is 0.971 bits per heavy atom. The molecule has 34 heavy (non-hydrogen) atoms. The van der Waals surface area contributed by atoms with E-state index < -0.39 is 14.4 Å². The van der Waals surface area contributed by atoms with E-state index in [4.69, 9.17) is 13.9 Å². The predicted molar refractivity (Wildman–Crippen MR) is 141 cm³/mol. The van der Waals surface area contributed by atoms with E-state index in [9.17, 15) is 4.79 Å². The second-order valence-corrected chi connectivity index (χ2v) is 15.3. The van der Waals surface area contributed by atoms with Crippen LogP contribution in [0.4, 0.5) is 5.69 Å². The van der Waals surface area contributed by atoms with Gasteiger partial charge in [-0.05, 0) is 47.0 Å². The lowest BCUT2D eigenvalue weighted by atomic mass is 9.89. The first-order valence-electron chi connectivity index (χ1n) is 12.2. The van der Waals surface area contributed by atoms with Crippen LogP contribution in [-0.2, 0) is 9.22 Å². The second kappa shape index (κ2) is 10.8. The summed E-state index contributed by atoms with van der Waals surface area (Å²) in [6.45, 7) is 17.6. The second-order valence-electron chi connectivity index (χ2n) is 9.84. The molecule has 2 aromatic carbocycles. The van der Waals surface area contributed by atoms with Crippen molar-refractivity contribution in [3.63, 3.8) is 0 Å². The number of hydrogen-bond acceptors (Lipinski definition) is 4. The number of carbonyl (C=O) groups excluding carboxylic acids is 1. The lowest BCUT2D eigenvalue weighted by molar-refractivity contribution is -0.136. The molecule has 1 heterocycles.